The largest absolute Gasteiger partial charge is 0.497 e. The predicted octanol–water partition coefficient (Wildman–Crippen LogP) is 3.66. The summed E-state index contributed by atoms with van der Waals surface area (Å²) < 4.78 is 7.55. The van der Waals surface area contributed by atoms with Crippen LogP contribution in [0.2, 0.25) is 0 Å². The second-order valence-electron chi connectivity index (χ2n) is 7.23. The monoisotopic (exact) mass is 355 g/mol. The maximum atomic E-state index is 13.0. The molecular formula is C21H29N3O2. The van der Waals surface area contributed by atoms with Gasteiger partial charge in [-0.3, -0.25) is 4.79 Å². The summed E-state index contributed by atoms with van der Waals surface area (Å²) in [7, 11) is 1.68. The topological polar surface area (TPSA) is 37.7 Å². The molecule has 0 atom stereocenters. The fourth-order valence-corrected chi connectivity index (χ4v) is 3.93. The zero-order valence-corrected chi connectivity index (χ0v) is 16.5. The normalized spacial score (nSPS) is 14.8. The van der Waals surface area contributed by atoms with Crippen LogP contribution in [0.15, 0.2) is 30.3 Å². The van der Waals surface area contributed by atoms with Gasteiger partial charge < -0.3 is 19.1 Å². The summed E-state index contributed by atoms with van der Waals surface area (Å²) in [5.74, 6) is 1.01. The van der Waals surface area contributed by atoms with Crippen LogP contribution < -0.4 is 9.64 Å². The van der Waals surface area contributed by atoms with E-state index in [9.17, 15) is 4.79 Å². The lowest BCUT2D eigenvalue weighted by atomic mass is 10.2. The fourth-order valence-electron chi connectivity index (χ4n) is 3.93. The van der Waals surface area contributed by atoms with Gasteiger partial charge >= 0.3 is 0 Å². The number of ether oxygens (including phenoxy) is 1. The van der Waals surface area contributed by atoms with E-state index < -0.39 is 0 Å². The molecule has 5 heteroatoms. The van der Waals surface area contributed by atoms with Gasteiger partial charge in [-0.25, -0.2) is 0 Å². The van der Waals surface area contributed by atoms with Gasteiger partial charge in [-0.05, 0) is 45.9 Å². The molecule has 0 unspecified atom stereocenters. The van der Waals surface area contributed by atoms with Crippen molar-refractivity contribution in [2.45, 2.75) is 33.7 Å². The third-order valence-corrected chi connectivity index (χ3v) is 5.22. The first-order chi connectivity index (χ1) is 12.4. The number of carbonyl (C=O) groups excluding carboxylic acids is 1. The van der Waals surface area contributed by atoms with Crippen LogP contribution in [0.5, 0.6) is 5.75 Å². The lowest BCUT2D eigenvalue weighted by Gasteiger charge is -2.36. The first-order valence-electron chi connectivity index (χ1n) is 9.29. The molecule has 2 heterocycles. The van der Waals surface area contributed by atoms with Crippen LogP contribution >= 0.6 is 0 Å². The van der Waals surface area contributed by atoms with Crippen LogP contribution in [0.4, 0.5) is 5.69 Å². The molecule has 0 saturated carbocycles. The Kier molecular flexibility index (Phi) is 5.25. The summed E-state index contributed by atoms with van der Waals surface area (Å²) in [5, 5.41) is 0. The number of amides is 1. The van der Waals surface area contributed by atoms with Gasteiger partial charge in [0.05, 0.1) is 12.7 Å². The minimum absolute atomic E-state index is 0.148. The molecule has 0 spiro atoms. The zero-order valence-electron chi connectivity index (χ0n) is 16.5. The second-order valence-corrected chi connectivity index (χ2v) is 7.23. The van der Waals surface area contributed by atoms with E-state index in [-0.39, 0.29) is 5.91 Å². The van der Waals surface area contributed by atoms with Crippen LogP contribution in [0.25, 0.3) is 0 Å². The summed E-state index contributed by atoms with van der Waals surface area (Å²) in [6, 6.07) is 10.5. The molecule has 1 aliphatic rings. The molecule has 3 rings (SSSR count). The molecule has 2 aromatic rings. The third-order valence-electron chi connectivity index (χ3n) is 5.22. The molecule has 140 valence electrons. The lowest BCUT2D eigenvalue weighted by molar-refractivity contribution is 0.0746. The number of nitrogens with zero attached hydrogens (tertiary/aromatic N) is 3. The fraction of sp³-hybridized carbons (Fsp3) is 0.476. The summed E-state index contributed by atoms with van der Waals surface area (Å²) in [6.45, 7) is 11.6. The van der Waals surface area contributed by atoms with E-state index in [0.717, 1.165) is 54.6 Å². The van der Waals surface area contributed by atoms with Crippen molar-refractivity contribution in [1.29, 1.82) is 0 Å². The zero-order chi connectivity index (χ0) is 18.8. The standard InChI is InChI=1S/C21H29N3O2/c1-15(2)24-16(3)13-20(17(24)4)21(25)23-11-9-22(10-12-23)18-7-6-8-19(14-18)26-5/h6-8,13-15H,9-12H2,1-5H3. The number of hydrogen-bond acceptors (Lipinski definition) is 3. The van der Waals surface area contributed by atoms with Gasteiger partial charge in [0.25, 0.3) is 5.91 Å². The molecule has 1 aliphatic heterocycles. The van der Waals surface area contributed by atoms with Crippen LogP contribution in [-0.4, -0.2) is 48.7 Å². The van der Waals surface area contributed by atoms with Crippen molar-refractivity contribution in [2.24, 2.45) is 0 Å². The number of anilines is 1. The summed E-state index contributed by atoms with van der Waals surface area (Å²) >= 11 is 0. The molecule has 0 radical (unpaired) electrons. The van der Waals surface area contributed by atoms with E-state index in [1.54, 1.807) is 7.11 Å². The van der Waals surface area contributed by atoms with Gasteiger partial charge in [0.15, 0.2) is 0 Å². The number of hydrogen-bond donors (Lipinski definition) is 0. The summed E-state index contributed by atoms with van der Waals surface area (Å²) in [5.41, 5.74) is 4.20. The number of piperazine rings is 1. The quantitative estimate of drug-likeness (QED) is 0.840. The van der Waals surface area contributed by atoms with Crippen LogP contribution in [0.3, 0.4) is 0 Å². The van der Waals surface area contributed by atoms with Crippen molar-refractivity contribution in [1.82, 2.24) is 9.47 Å². The number of benzene rings is 1. The van der Waals surface area contributed by atoms with Crippen LogP contribution in [-0.2, 0) is 0 Å². The van der Waals surface area contributed by atoms with E-state index in [1.165, 1.54) is 0 Å². The van der Waals surface area contributed by atoms with Crippen LogP contribution in [0.1, 0.15) is 41.6 Å². The molecule has 26 heavy (non-hydrogen) atoms. The lowest BCUT2D eigenvalue weighted by Crippen LogP contribution is -2.48. The highest BCUT2D eigenvalue weighted by molar-refractivity contribution is 5.96. The van der Waals surface area contributed by atoms with Crippen molar-refractivity contribution >= 4 is 11.6 Å². The minimum atomic E-state index is 0.148. The molecule has 5 nitrogen and oxygen atoms in total. The highest BCUT2D eigenvalue weighted by Gasteiger charge is 2.25. The van der Waals surface area contributed by atoms with Crippen molar-refractivity contribution in [3.63, 3.8) is 0 Å². The van der Waals surface area contributed by atoms with Gasteiger partial charge in [-0.1, -0.05) is 6.07 Å². The van der Waals surface area contributed by atoms with Gasteiger partial charge in [0.1, 0.15) is 5.75 Å². The Morgan fingerprint density at radius 1 is 1.08 bits per heavy atom. The second kappa shape index (κ2) is 7.44. The highest BCUT2D eigenvalue weighted by atomic mass is 16.5. The van der Waals surface area contributed by atoms with E-state index in [4.69, 9.17) is 4.74 Å². The Bertz CT molecular complexity index is 787. The SMILES string of the molecule is COc1cccc(N2CCN(C(=O)c3cc(C)n(C(C)C)c3C)CC2)c1. The minimum Gasteiger partial charge on any atom is -0.497 e. The molecule has 0 N–H and O–H groups in total. The van der Waals surface area contributed by atoms with E-state index >= 15 is 0 Å². The predicted molar refractivity (Wildman–Crippen MR) is 105 cm³/mol. The molecule has 0 bridgehead atoms. The molecule has 1 aromatic heterocycles. The van der Waals surface area contributed by atoms with Gasteiger partial charge in [0, 0.05) is 55.4 Å². The highest BCUT2D eigenvalue weighted by Crippen LogP contribution is 2.24. The van der Waals surface area contributed by atoms with E-state index in [1.807, 2.05) is 36.1 Å². The maximum Gasteiger partial charge on any atom is 0.255 e. The Balaban J connectivity index is 1.70. The molecular weight excluding hydrogens is 326 g/mol. The number of carbonyl (C=O) groups is 1. The maximum absolute atomic E-state index is 13.0. The number of aromatic nitrogens is 1. The first-order valence-corrected chi connectivity index (χ1v) is 9.29. The van der Waals surface area contributed by atoms with Gasteiger partial charge in [-0.2, -0.15) is 0 Å². The Hall–Kier alpha value is -2.43. The summed E-state index contributed by atoms with van der Waals surface area (Å²) in [6.07, 6.45) is 0. The average molecular weight is 355 g/mol. The molecule has 1 fully saturated rings. The Morgan fingerprint density at radius 3 is 2.35 bits per heavy atom. The molecule has 0 aliphatic carbocycles. The number of methoxy groups -OCH3 is 1. The first kappa shape index (κ1) is 18.4. The number of aryl methyl sites for hydroxylation is 1. The van der Waals surface area contributed by atoms with Crippen molar-refractivity contribution in [2.75, 3.05) is 38.2 Å². The van der Waals surface area contributed by atoms with E-state index in [0.29, 0.717) is 6.04 Å². The smallest absolute Gasteiger partial charge is 0.255 e. The van der Waals surface area contributed by atoms with Crippen molar-refractivity contribution in [3.8, 4) is 5.75 Å². The van der Waals surface area contributed by atoms with E-state index in [2.05, 4.69) is 36.3 Å². The van der Waals surface area contributed by atoms with Gasteiger partial charge in [0.2, 0.25) is 0 Å². The third kappa shape index (κ3) is 3.43. The Labute approximate surface area is 156 Å². The number of rotatable bonds is 4. The average Bonchev–Trinajstić information content (AvgIpc) is 2.95. The van der Waals surface area contributed by atoms with Gasteiger partial charge in [-0.15, -0.1) is 0 Å². The van der Waals surface area contributed by atoms with Crippen molar-refractivity contribution in [3.05, 3.63) is 47.3 Å². The molecule has 1 saturated heterocycles. The molecule has 1 aromatic carbocycles. The molecule has 1 amide bonds. The summed E-state index contributed by atoms with van der Waals surface area (Å²) in [4.78, 5) is 17.3. The van der Waals surface area contributed by atoms with Crippen molar-refractivity contribution < 1.29 is 9.53 Å². The van der Waals surface area contributed by atoms with Crippen LogP contribution in [0, 0.1) is 13.8 Å². The Morgan fingerprint density at radius 2 is 1.77 bits per heavy atom.